The largest absolute Gasteiger partial charge is 0.336 e. The van der Waals surface area contributed by atoms with Crippen LogP contribution in [0.1, 0.15) is 21.5 Å². The van der Waals surface area contributed by atoms with Crippen molar-refractivity contribution in [3.05, 3.63) is 102 Å². The molecule has 6 nitrogen and oxygen atoms in total. The first-order valence-electron chi connectivity index (χ1n) is 10.6. The van der Waals surface area contributed by atoms with Crippen LogP contribution in [0.5, 0.6) is 0 Å². The highest BCUT2D eigenvalue weighted by atomic mass is 32.2. The van der Waals surface area contributed by atoms with E-state index in [-0.39, 0.29) is 16.8 Å². The van der Waals surface area contributed by atoms with E-state index in [1.165, 1.54) is 35.4 Å². The van der Waals surface area contributed by atoms with E-state index in [1.807, 2.05) is 41.3 Å². The highest BCUT2D eigenvalue weighted by molar-refractivity contribution is 7.89. The summed E-state index contributed by atoms with van der Waals surface area (Å²) in [5.41, 5.74) is 2.96. The number of sulfonamides is 1. The fourth-order valence-electron chi connectivity index (χ4n) is 4.15. The number of nitrogens with zero attached hydrogens (tertiary/aromatic N) is 2. The second kappa shape index (κ2) is 9.65. The molecule has 0 aliphatic carbocycles. The zero-order chi connectivity index (χ0) is 22.6. The zero-order valence-corrected chi connectivity index (χ0v) is 18.6. The first-order chi connectivity index (χ1) is 15.4. The molecule has 1 atom stereocenters. The molecule has 0 bridgehead atoms. The molecule has 1 amide bonds. The quantitative estimate of drug-likeness (QED) is 0.627. The lowest BCUT2D eigenvalue weighted by Gasteiger charge is -2.41. The highest BCUT2D eigenvalue weighted by Crippen LogP contribution is 2.20. The van der Waals surface area contributed by atoms with Gasteiger partial charge in [-0.25, -0.2) is 13.6 Å². The van der Waals surface area contributed by atoms with Crippen LogP contribution in [0, 0.1) is 0 Å². The van der Waals surface area contributed by atoms with Crippen LogP contribution in [0.15, 0.2) is 89.8 Å². The van der Waals surface area contributed by atoms with E-state index in [4.69, 9.17) is 5.14 Å². The zero-order valence-electron chi connectivity index (χ0n) is 17.8. The maximum Gasteiger partial charge on any atom is 0.253 e. The first-order valence-corrected chi connectivity index (χ1v) is 12.2. The number of primary sulfonamides is 1. The van der Waals surface area contributed by atoms with Gasteiger partial charge in [0.15, 0.2) is 0 Å². The van der Waals surface area contributed by atoms with Gasteiger partial charge >= 0.3 is 0 Å². The van der Waals surface area contributed by atoms with Gasteiger partial charge in [-0.1, -0.05) is 60.7 Å². The number of carbonyl (C=O) groups excluding carboxylic acids is 1. The molecule has 1 saturated heterocycles. The summed E-state index contributed by atoms with van der Waals surface area (Å²) in [5, 5.41) is 5.17. The monoisotopic (exact) mass is 449 g/mol. The number of hydrogen-bond acceptors (Lipinski definition) is 4. The molecule has 32 heavy (non-hydrogen) atoms. The number of amides is 1. The lowest BCUT2D eigenvalue weighted by molar-refractivity contribution is 0.0459. The van der Waals surface area contributed by atoms with Crippen LogP contribution in [0.25, 0.3) is 0 Å². The van der Waals surface area contributed by atoms with Gasteiger partial charge in [0.2, 0.25) is 10.0 Å². The van der Waals surface area contributed by atoms with Crippen molar-refractivity contribution in [2.75, 3.05) is 19.6 Å². The highest BCUT2D eigenvalue weighted by Gasteiger charge is 2.30. The molecular weight excluding hydrogens is 422 g/mol. The molecular formula is C25H27N3O3S. The number of hydrogen-bond donors (Lipinski definition) is 1. The maximum atomic E-state index is 13.2. The van der Waals surface area contributed by atoms with Gasteiger partial charge in [-0.15, -0.1) is 0 Å². The molecule has 0 saturated carbocycles. The van der Waals surface area contributed by atoms with Gasteiger partial charge in [0.05, 0.1) is 4.90 Å². The van der Waals surface area contributed by atoms with Crippen LogP contribution < -0.4 is 5.14 Å². The molecule has 0 aromatic heterocycles. The third-order valence-corrected chi connectivity index (χ3v) is 6.79. The topological polar surface area (TPSA) is 83.7 Å². The van der Waals surface area contributed by atoms with Crippen molar-refractivity contribution < 1.29 is 13.2 Å². The number of nitrogens with two attached hydrogens (primary N) is 1. The Hall–Kier alpha value is -3.00. The molecule has 1 aliphatic heterocycles. The average molecular weight is 450 g/mol. The van der Waals surface area contributed by atoms with E-state index >= 15 is 0 Å². The predicted molar refractivity (Wildman–Crippen MR) is 125 cm³/mol. The van der Waals surface area contributed by atoms with Crippen LogP contribution in [-0.2, 0) is 23.0 Å². The van der Waals surface area contributed by atoms with E-state index in [1.54, 1.807) is 0 Å². The number of benzene rings is 3. The summed E-state index contributed by atoms with van der Waals surface area (Å²) in [6, 6.07) is 26.7. The molecule has 1 heterocycles. The van der Waals surface area contributed by atoms with Crippen molar-refractivity contribution in [3.63, 3.8) is 0 Å². The number of carbonyl (C=O) groups is 1. The Morgan fingerprint density at radius 3 is 2.03 bits per heavy atom. The summed E-state index contributed by atoms with van der Waals surface area (Å²) in [6.07, 6.45) is 0.849. The second-order valence-electron chi connectivity index (χ2n) is 8.12. The molecule has 4 rings (SSSR count). The second-order valence-corrected chi connectivity index (χ2v) is 9.68. The Morgan fingerprint density at radius 1 is 0.844 bits per heavy atom. The van der Waals surface area contributed by atoms with E-state index in [9.17, 15) is 13.2 Å². The van der Waals surface area contributed by atoms with Crippen LogP contribution >= 0.6 is 0 Å². The Kier molecular flexibility index (Phi) is 6.69. The van der Waals surface area contributed by atoms with Crippen molar-refractivity contribution in [1.29, 1.82) is 0 Å². The van der Waals surface area contributed by atoms with Crippen LogP contribution in [-0.4, -0.2) is 49.8 Å². The van der Waals surface area contributed by atoms with E-state index < -0.39 is 10.0 Å². The Morgan fingerprint density at radius 2 is 1.44 bits per heavy atom. The Bertz CT molecular complexity index is 1150. The predicted octanol–water partition coefficient (Wildman–Crippen LogP) is 2.90. The molecule has 0 radical (unpaired) electrons. The molecule has 1 aliphatic rings. The SMILES string of the molecule is NS(=O)(=O)c1ccc(C(=O)N2CCN(Cc3ccccc3)[C@@H](Cc3ccccc3)C2)cc1. The third-order valence-electron chi connectivity index (χ3n) is 5.86. The average Bonchev–Trinajstić information content (AvgIpc) is 2.81. The molecule has 166 valence electrons. The van der Waals surface area contributed by atoms with Crippen molar-refractivity contribution in [1.82, 2.24) is 9.80 Å². The molecule has 3 aromatic carbocycles. The summed E-state index contributed by atoms with van der Waals surface area (Å²) >= 11 is 0. The maximum absolute atomic E-state index is 13.2. The van der Waals surface area contributed by atoms with E-state index in [0.717, 1.165) is 19.5 Å². The van der Waals surface area contributed by atoms with Crippen LogP contribution in [0.4, 0.5) is 0 Å². The molecule has 2 N–H and O–H groups in total. The van der Waals surface area contributed by atoms with Gasteiger partial charge in [-0.2, -0.15) is 0 Å². The minimum Gasteiger partial charge on any atom is -0.336 e. The molecule has 1 fully saturated rings. The summed E-state index contributed by atoms with van der Waals surface area (Å²) in [6.45, 7) is 2.84. The van der Waals surface area contributed by atoms with Gasteiger partial charge in [-0.05, 0) is 41.8 Å². The summed E-state index contributed by atoms with van der Waals surface area (Å²) in [5.74, 6) is -0.0941. The van der Waals surface area contributed by atoms with E-state index in [2.05, 4.69) is 29.2 Å². The van der Waals surface area contributed by atoms with Crippen molar-refractivity contribution in [3.8, 4) is 0 Å². The van der Waals surface area contributed by atoms with Crippen molar-refractivity contribution in [2.24, 2.45) is 5.14 Å². The number of rotatable bonds is 6. The van der Waals surface area contributed by atoms with Gasteiger partial charge in [0.1, 0.15) is 0 Å². The molecule has 0 spiro atoms. The minimum atomic E-state index is -3.78. The summed E-state index contributed by atoms with van der Waals surface area (Å²) in [4.78, 5) is 17.5. The third kappa shape index (κ3) is 5.43. The Labute approximate surface area is 189 Å². The molecule has 7 heteroatoms. The van der Waals surface area contributed by atoms with Gasteiger partial charge in [0, 0.05) is 37.8 Å². The van der Waals surface area contributed by atoms with Crippen LogP contribution in [0.3, 0.4) is 0 Å². The minimum absolute atomic E-state index is 0.00341. The molecule has 3 aromatic rings. The lowest BCUT2D eigenvalue weighted by atomic mass is 10.0. The van der Waals surface area contributed by atoms with Gasteiger partial charge in [-0.3, -0.25) is 9.69 Å². The van der Waals surface area contributed by atoms with Gasteiger partial charge < -0.3 is 4.90 Å². The van der Waals surface area contributed by atoms with Crippen LogP contribution in [0.2, 0.25) is 0 Å². The van der Waals surface area contributed by atoms with Crippen molar-refractivity contribution >= 4 is 15.9 Å². The Balaban J connectivity index is 1.52. The fraction of sp³-hybridized carbons (Fsp3) is 0.240. The smallest absolute Gasteiger partial charge is 0.253 e. The molecule has 0 unspecified atom stereocenters. The summed E-state index contributed by atoms with van der Waals surface area (Å²) in [7, 11) is -3.78. The fourth-order valence-corrected chi connectivity index (χ4v) is 4.67. The lowest BCUT2D eigenvalue weighted by Crippen LogP contribution is -2.55. The first kappa shape index (κ1) is 22.2. The summed E-state index contributed by atoms with van der Waals surface area (Å²) < 4.78 is 23.0. The van der Waals surface area contributed by atoms with E-state index in [0.29, 0.717) is 18.7 Å². The normalized spacial score (nSPS) is 17.3. The van der Waals surface area contributed by atoms with Crippen molar-refractivity contribution in [2.45, 2.75) is 23.9 Å². The van der Waals surface area contributed by atoms with Gasteiger partial charge in [0.25, 0.3) is 5.91 Å². The number of piperazine rings is 1. The standard InChI is InChI=1S/C25H27N3O3S/c26-32(30,31)24-13-11-22(12-14-24)25(29)28-16-15-27(18-21-9-5-2-6-10-21)23(19-28)17-20-7-3-1-4-8-20/h1-14,23H,15-19H2,(H2,26,30,31)/t23-/m0/s1.